The summed E-state index contributed by atoms with van der Waals surface area (Å²) in [6.45, 7) is 0. The molecule has 2 aromatic rings. The van der Waals surface area contributed by atoms with Crippen molar-refractivity contribution in [2.24, 2.45) is 0 Å². The zero-order chi connectivity index (χ0) is 14.3. The smallest absolute Gasteiger partial charge is 0.339 e. The van der Waals surface area contributed by atoms with Gasteiger partial charge in [-0.05, 0) is 46.2 Å². The van der Waals surface area contributed by atoms with Gasteiger partial charge in [0.2, 0.25) is 0 Å². The number of hydrogen-bond acceptors (Lipinski definition) is 5. The van der Waals surface area contributed by atoms with Crippen LogP contribution in [0.4, 0.5) is 10.1 Å². The summed E-state index contributed by atoms with van der Waals surface area (Å²) >= 11 is 4.19. The number of carbonyl (C=O) groups is 1. The number of thiazole rings is 1. The standard InChI is InChI=1S/C11H9BrN4O3S/c12-6-3-8(15(5-6)7-1-2-7)10(17)14-11-13-4-9(20-11)16(18)19/h3-5,7H,1-2H2,(H,13,14,17). The Hall–Kier alpha value is -1.74. The average molecular weight is 357 g/mol. The molecule has 3 rings (SSSR count). The molecule has 0 aliphatic heterocycles. The van der Waals surface area contributed by atoms with E-state index in [1.165, 1.54) is 0 Å². The lowest BCUT2D eigenvalue weighted by Gasteiger charge is -2.06. The van der Waals surface area contributed by atoms with E-state index in [2.05, 4.69) is 26.2 Å². The third kappa shape index (κ3) is 2.59. The lowest BCUT2D eigenvalue weighted by molar-refractivity contribution is -0.380. The molecule has 1 N–H and O–H groups in total. The van der Waals surface area contributed by atoms with E-state index in [-0.39, 0.29) is 16.0 Å². The Morgan fingerprint density at radius 2 is 2.35 bits per heavy atom. The number of rotatable bonds is 4. The number of carbonyl (C=O) groups excluding carboxylic acids is 1. The van der Waals surface area contributed by atoms with Crippen LogP contribution in [0.25, 0.3) is 0 Å². The van der Waals surface area contributed by atoms with Gasteiger partial charge in [-0.3, -0.25) is 20.2 Å². The van der Waals surface area contributed by atoms with Crippen molar-refractivity contribution < 1.29 is 9.72 Å². The molecular weight excluding hydrogens is 348 g/mol. The molecule has 0 spiro atoms. The fourth-order valence-corrected chi connectivity index (χ4v) is 2.92. The molecule has 0 aromatic carbocycles. The monoisotopic (exact) mass is 356 g/mol. The summed E-state index contributed by atoms with van der Waals surface area (Å²) in [6, 6.07) is 2.10. The summed E-state index contributed by atoms with van der Waals surface area (Å²) in [7, 11) is 0. The van der Waals surface area contributed by atoms with Gasteiger partial charge in [-0.1, -0.05) is 0 Å². The van der Waals surface area contributed by atoms with Crippen LogP contribution in [0.2, 0.25) is 0 Å². The summed E-state index contributed by atoms with van der Waals surface area (Å²) in [5.41, 5.74) is 0.525. The highest BCUT2D eigenvalue weighted by molar-refractivity contribution is 9.10. The second-order valence-corrected chi connectivity index (χ2v) is 6.32. The molecule has 1 aliphatic carbocycles. The van der Waals surface area contributed by atoms with Crippen molar-refractivity contribution in [1.82, 2.24) is 9.55 Å². The van der Waals surface area contributed by atoms with E-state index in [4.69, 9.17) is 0 Å². The van der Waals surface area contributed by atoms with Crippen LogP contribution in [0.15, 0.2) is 22.9 Å². The number of nitrogens with one attached hydrogen (secondary N) is 1. The molecule has 9 heteroatoms. The Morgan fingerprint density at radius 1 is 1.60 bits per heavy atom. The number of hydrogen-bond donors (Lipinski definition) is 1. The second-order valence-electron chi connectivity index (χ2n) is 4.40. The maximum Gasteiger partial charge on any atom is 0.345 e. The number of nitro groups is 1. The summed E-state index contributed by atoms with van der Waals surface area (Å²) in [4.78, 5) is 26.1. The Morgan fingerprint density at radius 3 is 2.95 bits per heavy atom. The molecule has 1 amide bonds. The molecule has 0 saturated heterocycles. The van der Waals surface area contributed by atoms with Gasteiger partial charge >= 0.3 is 5.00 Å². The van der Waals surface area contributed by atoms with Gasteiger partial charge in [0.25, 0.3) is 5.91 Å². The van der Waals surface area contributed by atoms with Crippen molar-refractivity contribution in [1.29, 1.82) is 0 Å². The Balaban J connectivity index is 1.80. The van der Waals surface area contributed by atoms with E-state index in [9.17, 15) is 14.9 Å². The Kier molecular flexibility index (Phi) is 3.30. The van der Waals surface area contributed by atoms with Crippen LogP contribution >= 0.6 is 27.3 Å². The maximum atomic E-state index is 12.2. The molecular formula is C11H9BrN4O3S. The fraction of sp³-hybridized carbons (Fsp3) is 0.273. The molecule has 2 heterocycles. The summed E-state index contributed by atoms with van der Waals surface area (Å²) < 4.78 is 2.75. The number of nitrogens with zero attached hydrogens (tertiary/aromatic N) is 3. The van der Waals surface area contributed by atoms with Gasteiger partial charge < -0.3 is 4.57 Å². The van der Waals surface area contributed by atoms with Gasteiger partial charge in [-0.25, -0.2) is 4.98 Å². The minimum absolute atomic E-state index is 0.0981. The van der Waals surface area contributed by atoms with E-state index in [1.54, 1.807) is 6.07 Å². The van der Waals surface area contributed by atoms with Crippen LogP contribution in [0.3, 0.4) is 0 Å². The summed E-state index contributed by atoms with van der Waals surface area (Å²) in [5, 5.41) is 13.3. The van der Waals surface area contributed by atoms with Crippen LogP contribution in [-0.2, 0) is 0 Å². The van der Waals surface area contributed by atoms with Gasteiger partial charge in [0.1, 0.15) is 11.9 Å². The molecule has 20 heavy (non-hydrogen) atoms. The molecule has 0 atom stereocenters. The van der Waals surface area contributed by atoms with Crippen LogP contribution in [0.5, 0.6) is 0 Å². The van der Waals surface area contributed by atoms with Gasteiger partial charge in [-0.15, -0.1) is 0 Å². The third-order valence-corrected chi connectivity index (χ3v) is 4.18. The molecule has 0 unspecified atom stereocenters. The lowest BCUT2D eigenvalue weighted by Crippen LogP contribution is -2.16. The van der Waals surface area contributed by atoms with Crippen LogP contribution in [-0.4, -0.2) is 20.4 Å². The van der Waals surface area contributed by atoms with E-state index < -0.39 is 4.92 Å². The predicted octanol–water partition coefficient (Wildman–Crippen LogP) is 3.20. The van der Waals surface area contributed by atoms with Crippen molar-refractivity contribution in [3.8, 4) is 0 Å². The first-order chi connectivity index (χ1) is 9.54. The molecule has 7 nitrogen and oxygen atoms in total. The zero-order valence-electron chi connectivity index (χ0n) is 10.1. The summed E-state index contributed by atoms with van der Waals surface area (Å²) in [6.07, 6.45) is 5.13. The normalized spacial score (nSPS) is 14.2. The zero-order valence-corrected chi connectivity index (χ0v) is 12.5. The minimum atomic E-state index is -0.531. The van der Waals surface area contributed by atoms with E-state index >= 15 is 0 Å². The highest BCUT2D eigenvalue weighted by atomic mass is 79.9. The molecule has 1 saturated carbocycles. The quantitative estimate of drug-likeness (QED) is 0.672. The van der Waals surface area contributed by atoms with Crippen molar-refractivity contribution >= 4 is 43.3 Å². The molecule has 1 aliphatic rings. The minimum Gasteiger partial charge on any atom is -0.339 e. The molecule has 2 aromatic heterocycles. The largest absolute Gasteiger partial charge is 0.345 e. The summed E-state index contributed by atoms with van der Waals surface area (Å²) in [5.74, 6) is -0.313. The van der Waals surface area contributed by atoms with Gasteiger partial charge in [0.15, 0.2) is 5.13 Å². The first-order valence-electron chi connectivity index (χ1n) is 5.83. The highest BCUT2D eigenvalue weighted by Crippen LogP contribution is 2.37. The van der Waals surface area contributed by atoms with Crippen LogP contribution in [0, 0.1) is 10.1 Å². The van der Waals surface area contributed by atoms with E-state index in [1.807, 2.05) is 10.8 Å². The molecule has 0 radical (unpaired) electrons. The van der Waals surface area contributed by atoms with Gasteiger partial charge in [-0.2, -0.15) is 0 Å². The predicted molar refractivity (Wildman–Crippen MR) is 77.1 cm³/mol. The van der Waals surface area contributed by atoms with Crippen molar-refractivity contribution in [2.75, 3.05) is 5.32 Å². The topological polar surface area (TPSA) is 90.1 Å². The molecule has 0 bridgehead atoms. The number of amides is 1. The van der Waals surface area contributed by atoms with Crippen molar-refractivity contribution in [2.45, 2.75) is 18.9 Å². The molecule has 1 fully saturated rings. The average Bonchev–Trinajstić information content (AvgIpc) is 3.00. The van der Waals surface area contributed by atoms with E-state index in [0.29, 0.717) is 11.7 Å². The Bertz CT molecular complexity index is 692. The van der Waals surface area contributed by atoms with Crippen molar-refractivity contribution in [3.63, 3.8) is 0 Å². The number of aromatic nitrogens is 2. The second kappa shape index (κ2) is 4.98. The SMILES string of the molecule is O=C(Nc1ncc([N+](=O)[O-])s1)c1cc(Br)cn1C1CC1. The van der Waals surface area contributed by atoms with Gasteiger partial charge in [0.05, 0.1) is 4.92 Å². The van der Waals surface area contributed by atoms with Crippen LogP contribution < -0.4 is 5.32 Å². The Labute approximate surface area is 125 Å². The highest BCUT2D eigenvalue weighted by Gasteiger charge is 2.28. The van der Waals surface area contributed by atoms with Crippen molar-refractivity contribution in [3.05, 3.63) is 38.7 Å². The van der Waals surface area contributed by atoms with Gasteiger partial charge in [0, 0.05) is 16.7 Å². The maximum absolute atomic E-state index is 12.2. The van der Waals surface area contributed by atoms with E-state index in [0.717, 1.165) is 34.8 Å². The van der Waals surface area contributed by atoms with Crippen LogP contribution in [0.1, 0.15) is 29.4 Å². The first kappa shape index (κ1) is 13.3. The fourth-order valence-electron chi connectivity index (χ4n) is 1.85. The molecule has 104 valence electrons. The number of anilines is 1. The number of halogens is 1. The first-order valence-corrected chi connectivity index (χ1v) is 7.44. The lowest BCUT2D eigenvalue weighted by atomic mass is 10.4. The third-order valence-electron chi connectivity index (χ3n) is 2.88.